The van der Waals surface area contributed by atoms with E-state index in [9.17, 15) is 8.42 Å². The predicted molar refractivity (Wildman–Crippen MR) is 110 cm³/mol. The van der Waals surface area contributed by atoms with Crippen LogP contribution in [0, 0.1) is 5.92 Å². The largest absolute Gasteiger partial charge is 0.384 e. The van der Waals surface area contributed by atoms with Gasteiger partial charge in [-0.05, 0) is 29.5 Å². The van der Waals surface area contributed by atoms with Crippen LogP contribution in [0.3, 0.4) is 0 Å². The molecule has 152 valence electrons. The number of aliphatic imine (C=N–C) groups is 1. The fourth-order valence-electron chi connectivity index (χ4n) is 3.31. The zero-order valence-electron chi connectivity index (χ0n) is 17.2. The molecular formula is C20H33N3O3S. The summed E-state index contributed by atoms with van der Waals surface area (Å²) in [6, 6.07) is 7.22. The Labute approximate surface area is 163 Å². The van der Waals surface area contributed by atoms with Gasteiger partial charge in [0.25, 0.3) is 0 Å². The molecule has 0 aliphatic carbocycles. The van der Waals surface area contributed by atoms with E-state index in [4.69, 9.17) is 4.74 Å². The minimum absolute atomic E-state index is 0.00669. The summed E-state index contributed by atoms with van der Waals surface area (Å²) in [7, 11) is 0.119. The fourth-order valence-corrected chi connectivity index (χ4v) is 4.46. The molecule has 0 radical (unpaired) electrons. The molecule has 1 aliphatic heterocycles. The highest BCUT2D eigenvalue weighted by Crippen LogP contribution is 2.23. The first-order chi connectivity index (χ1) is 12.7. The fraction of sp³-hybridized carbons (Fsp3) is 0.650. The van der Waals surface area contributed by atoms with E-state index in [1.54, 1.807) is 26.3 Å². The molecule has 0 spiro atoms. The first-order valence-corrected chi connectivity index (χ1v) is 11.1. The normalized spacial score (nSPS) is 18.8. The molecule has 1 unspecified atom stereocenters. The number of rotatable bonds is 6. The van der Waals surface area contributed by atoms with Crippen molar-refractivity contribution in [2.75, 3.05) is 46.2 Å². The maximum atomic E-state index is 12.6. The van der Waals surface area contributed by atoms with Gasteiger partial charge in [0.15, 0.2) is 15.8 Å². The summed E-state index contributed by atoms with van der Waals surface area (Å²) < 4.78 is 30.4. The monoisotopic (exact) mass is 395 g/mol. The van der Waals surface area contributed by atoms with Crippen molar-refractivity contribution >= 4 is 15.8 Å². The average Bonchev–Trinajstić information content (AvgIpc) is 3.07. The Kier molecular flexibility index (Phi) is 7.28. The highest BCUT2D eigenvalue weighted by atomic mass is 32.2. The number of methoxy groups -OCH3 is 1. The van der Waals surface area contributed by atoms with E-state index in [-0.39, 0.29) is 11.2 Å². The zero-order valence-corrected chi connectivity index (χ0v) is 18.0. The molecule has 1 fully saturated rings. The summed E-state index contributed by atoms with van der Waals surface area (Å²) in [6.07, 6.45) is 1.06. The quantitative estimate of drug-likeness (QED) is 0.591. The van der Waals surface area contributed by atoms with Crippen molar-refractivity contribution in [1.29, 1.82) is 0 Å². The molecule has 7 heteroatoms. The van der Waals surface area contributed by atoms with E-state index in [1.165, 1.54) is 0 Å². The SMILES string of the molecule is CN=C(NCCS(=O)(=O)c1ccc(C(C)(C)C)cc1)N1CCC(COC)C1. The van der Waals surface area contributed by atoms with E-state index in [1.807, 2.05) is 12.1 Å². The van der Waals surface area contributed by atoms with Crippen LogP contribution in [0.15, 0.2) is 34.2 Å². The standard InChI is InChI=1S/C20H33N3O3S/c1-20(2,3)17-6-8-18(9-7-17)27(24,25)13-11-22-19(21-4)23-12-10-16(14-23)15-26-5/h6-9,16H,10-15H2,1-5H3,(H,21,22). The number of likely N-dealkylation sites (tertiary alicyclic amines) is 1. The number of nitrogens with zero attached hydrogens (tertiary/aromatic N) is 2. The summed E-state index contributed by atoms with van der Waals surface area (Å²) in [6.45, 7) is 9.21. The molecule has 1 saturated heterocycles. The smallest absolute Gasteiger partial charge is 0.193 e. The van der Waals surface area contributed by atoms with Gasteiger partial charge in [-0.3, -0.25) is 4.99 Å². The Hall–Kier alpha value is -1.60. The molecule has 0 saturated carbocycles. The van der Waals surface area contributed by atoms with Gasteiger partial charge >= 0.3 is 0 Å². The van der Waals surface area contributed by atoms with Crippen molar-refractivity contribution in [3.63, 3.8) is 0 Å². The first-order valence-electron chi connectivity index (χ1n) is 9.45. The molecule has 0 bridgehead atoms. The maximum absolute atomic E-state index is 12.6. The van der Waals surface area contributed by atoms with Crippen molar-refractivity contribution in [3.05, 3.63) is 29.8 Å². The third kappa shape index (κ3) is 5.94. The highest BCUT2D eigenvalue weighted by Gasteiger charge is 2.25. The number of hydrogen-bond acceptors (Lipinski definition) is 4. The topological polar surface area (TPSA) is 71.0 Å². The third-order valence-electron chi connectivity index (χ3n) is 4.93. The Morgan fingerprint density at radius 3 is 2.52 bits per heavy atom. The molecule has 1 atom stereocenters. The second-order valence-electron chi connectivity index (χ2n) is 8.12. The summed E-state index contributed by atoms with van der Waals surface area (Å²) in [5, 5.41) is 3.19. The lowest BCUT2D eigenvalue weighted by atomic mass is 9.87. The Bertz CT molecular complexity index is 737. The first kappa shape index (κ1) is 21.7. The van der Waals surface area contributed by atoms with Crippen molar-refractivity contribution < 1.29 is 13.2 Å². The Balaban J connectivity index is 1.91. The van der Waals surface area contributed by atoms with Crippen molar-refractivity contribution in [2.24, 2.45) is 10.9 Å². The van der Waals surface area contributed by atoms with Gasteiger partial charge < -0.3 is 15.0 Å². The second kappa shape index (κ2) is 9.06. The van der Waals surface area contributed by atoms with Crippen LogP contribution in [0.1, 0.15) is 32.8 Å². The molecule has 0 aromatic heterocycles. The molecule has 27 heavy (non-hydrogen) atoms. The molecule has 2 rings (SSSR count). The van der Waals surface area contributed by atoms with Crippen LogP contribution in [-0.4, -0.2) is 65.4 Å². The summed E-state index contributed by atoms with van der Waals surface area (Å²) in [5.74, 6) is 1.29. The van der Waals surface area contributed by atoms with Gasteiger partial charge in [-0.25, -0.2) is 8.42 Å². The number of guanidine groups is 1. The van der Waals surface area contributed by atoms with E-state index in [0.717, 1.165) is 37.6 Å². The Morgan fingerprint density at radius 1 is 1.30 bits per heavy atom. The lowest BCUT2D eigenvalue weighted by Gasteiger charge is -2.22. The molecule has 1 aromatic carbocycles. The van der Waals surface area contributed by atoms with Crippen LogP contribution in [0.4, 0.5) is 0 Å². The van der Waals surface area contributed by atoms with Crippen molar-refractivity contribution in [3.8, 4) is 0 Å². The van der Waals surface area contributed by atoms with Gasteiger partial charge in [0.1, 0.15) is 0 Å². The van der Waals surface area contributed by atoms with Crippen LogP contribution in [0.5, 0.6) is 0 Å². The minimum Gasteiger partial charge on any atom is -0.384 e. The molecule has 1 heterocycles. The lowest BCUT2D eigenvalue weighted by molar-refractivity contribution is 0.157. The minimum atomic E-state index is -3.33. The van der Waals surface area contributed by atoms with E-state index < -0.39 is 9.84 Å². The van der Waals surface area contributed by atoms with Gasteiger partial charge in [0.2, 0.25) is 0 Å². The molecule has 0 amide bonds. The van der Waals surface area contributed by atoms with Crippen molar-refractivity contribution in [2.45, 2.75) is 37.5 Å². The molecule has 1 aliphatic rings. The van der Waals surface area contributed by atoms with E-state index in [0.29, 0.717) is 17.4 Å². The van der Waals surface area contributed by atoms with Crippen LogP contribution in [0.25, 0.3) is 0 Å². The number of sulfone groups is 1. The molecule has 6 nitrogen and oxygen atoms in total. The van der Waals surface area contributed by atoms with Crippen LogP contribution in [-0.2, 0) is 20.0 Å². The maximum Gasteiger partial charge on any atom is 0.193 e. The average molecular weight is 396 g/mol. The van der Waals surface area contributed by atoms with Gasteiger partial charge in [0.05, 0.1) is 17.3 Å². The Morgan fingerprint density at radius 2 is 1.96 bits per heavy atom. The van der Waals surface area contributed by atoms with Gasteiger partial charge in [-0.1, -0.05) is 32.9 Å². The second-order valence-corrected chi connectivity index (χ2v) is 10.2. The number of benzene rings is 1. The highest BCUT2D eigenvalue weighted by molar-refractivity contribution is 7.91. The van der Waals surface area contributed by atoms with Gasteiger partial charge in [-0.2, -0.15) is 0 Å². The van der Waals surface area contributed by atoms with Gasteiger partial charge in [-0.15, -0.1) is 0 Å². The summed E-state index contributed by atoms with van der Waals surface area (Å²) in [5.41, 5.74) is 1.13. The van der Waals surface area contributed by atoms with Crippen LogP contribution in [0.2, 0.25) is 0 Å². The predicted octanol–water partition coefficient (Wildman–Crippen LogP) is 2.30. The molecular weight excluding hydrogens is 362 g/mol. The number of ether oxygens (including phenoxy) is 1. The van der Waals surface area contributed by atoms with Crippen molar-refractivity contribution in [1.82, 2.24) is 10.2 Å². The van der Waals surface area contributed by atoms with Gasteiger partial charge in [0, 0.05) is 39.7 Å². The zero-order chi connectivity index (χ0) is 20.1. The summed E-state index contributed by atoms with van der Waals surface area (Å²) in [4.78, 5) is 6.82. The van der Waals surface area contributed by atoms with Crippen LogP contribution >= 0.6 is 0 Å². The number of hydrogen-bond donors (Lipinski definition) is 1. The van der Waals surface area contributed by atoms with E-state index >= 15 is 0 Å². The number of nitrogens with one attached hydrogen (secondary N) is 1. The van der Waals surface area contributed by atoms with Crippen LogP contribution < -0.4 is 5.32 Å². The summed E-state index contributed by atoms with van der Waals surface area (Å²) >= 11 is 0. The molecule has 1 N–H and O–H groups in total. The lowest BCUT2D eigenvalue weighted by Crippen LogP contribution is -2.42. The third-order valence-corrected chi connectivity index (χ3v) is 6.66. The molecule has 1 aromatic rings. The van der Waals surface area contributed by atoms with E-state index in [2.05, 4.69) is 36.0 Å².